The van der Waals surface area contributed by atoms with Crippen LogP contribution in [0.3, 0.4) is 0 Å². The number of hydrogen-bond acceptors (Lipinski definition) is 5. The van der Waals surface area contributed by atoms with E-state index in [9.17, 15) is 14.9 Å². The lowest BCUT2D eigenvalue weighted by Crippen LogP contribution is -2.56. The fourth-order valence-corrected chi connectivity index (χ4v) is 3.33. The number of methoxy groups -OCH3 is 1. The molecule has 0 aliphatic heterocycles. The molecule has 0 bridgehead atoms. The Bertz CT molecular complexity index is 1020. The van der Waals surface area contributed by atoms with Crippen molar-refractivity contribution in [3.8, 4) is 5.75 Å². The summed E-state index contributed by atoms with van der Waals surface area (Å²) in [5.74, 6) is -0.390. The number of nitro groups is 1. The van der Waals surface area contributed by atoms with Gasteiger partial charge >= 0.3 is 0 Å². The van der Waals surface area contributed by atoms with Gasteiger partial charge in [-0.2, -0.15) is 0 Å². The number of alkyl halides is 3. The Morgan fingerprint density at radius 1 is 1.16 bits per heavy atom. The van der Waals surface area contributed by atoms with Crippen LogP contribution in [0.5, 0.6) is 5.75 Å². The Hall–Kier alpha value is -1.75. The van der Waals surface area contributed by atoms with E-state index < -0.39 is 20.8 Å². The number of halogens is 5. The van der Waals surface area contributed by atoms with Crippen LogP contribution in [0, 0.1) is 10.1 Å². The van der Waals surface area contributed by atoms with Crippen LogP contribution >= 0.6 is 70.2 Å². The number of nitrogens with one attached hydrogen (secondary N) is 3. The van der Waals surface area contributed by atoms with Gasteiger partial charge in [-0.05, 0) is 36.5 Å². The van der Waals surface area contributed by atoms with Crippen molar-refractivity contribution in [3.63, 3.8) is 0 Å². The molecule has 0 unspecified atom stereocenters. The highest BCUT2D eigenvalue weighted by Crippen LogP contribution is 2.31. The van der Waals surface area contributed by atoms with Crippen LogP contribution in [0.25, 0.3) is 0 Å². The van der Waals surface area contributed by atoms with Crippen molar-refractivity contribution in [2.45, 2.75) is 9.96 Å². The molecule has 14 heteroatoms. The summed E-state index contributed by atoms with van der Waals surface area (Å²) in [6.07, 6.45) is -1.30. The monoisotopic (exact) mass is 544 g/mol. The number of thiocarbonyl (C=S) groups is 1. The first kappa shape index (κ1) is 25.5. The topological polar surface area (TPSA) is 106 Å². The molecule has 1 amide bonds. The highest BCUT2D eigenvalue weighted by Gasteiger charge is 2.35. The van der Waals surface area contributed by atoms with Gasteiger partial charge in [0, 0.05) is 17.2 Å². The zero-order valence-corrected chi connectivity index (χ0v) is 20.0. The highest BCUT2D eigenvalue weighted by atomic mass is 35.6. The third-order valence-corrected chi connectivity index (χ3v) is 5.12. The van der Waals surface area contributed by atoms with Gasteiger partial charge in [0.05, 0.1) is 28.3 Å². The second-order valence-corrected chi connectivity index (χ2v) is 9.43. The Morgan fingerprint density at radius 3 is 2.39 bits per heavy atom. The van der Waals surface area contributed by atoms with Gasteiger partial charge in [-0.1, -0.05) is 58.0 Å². The number of rotatable bonds is 6. The number of hydrogen-bond donors (Lipinski definition) is 3. The summed E-state index contributed by atoms with van der Waals surface area (Å²) in [7, 11) is 1.38. The Morgan fingerprint density at radius 2 is 1.84 bits per heavy atom. The van der Waals surface area contributed by atoms with Gasteiger partial charge in [0.15, 0.2) is 5.11 Å². The van der Waals surface area contributed by atoms with Crippen LogP contribution in [0.1, 0.15) is 10.4 Å². The summed E-state index contributed by atoms with van der Waals surface area (Å²) >= 11 is 35.0. The SMILES string of the molecule is COc1ccc([N+](=O)[O-])cc1NC(=S)N[C@H](NC(=O)c1ccc(Cl)cc1Cl)C(Cl)(Cl)Cl. The van der Waals surface area contributed by atoms with E-state index in [0.29, 0.717) is 5.02 Å². The molecular weight excluding hydrogens is 534 g/mol. The van der Waals surface area contributed by atoms with Crippen LogP contribution in [-0.2, 0) is 0 Å². The third-order valence-electron chi connectivity index (χ3n) is 3.70. The van der Waals surface area contributed by atoms with Crippen molar-refractivity contribution in [1.29, 1.82) is 0 Å². The molecule has 0 radical (unpaired) electrons. The second kappa shape index (κ2) is 10.7. The van der Waals surface area contributed by atoms with Crippen LogP contribution < -0.4 is 20.7 Å². The summed E-state index contributed by atoms with van der Waals surface area (Å²) in [5.41, 5.74) is 0.0744. The number of nitrogens with zero attached hydrogens (tertiary/aromatic N) is 1. The normalized spacial score (nSPS) is 11.9. The zero-order chi connectivity index (χ0) is 23.3. The number of nitro benzene ring substituents is 1. The van der Waals surface area contributed by atoms with Gasteiger partial charge in [0.25, 0.3) is 11.6 Å². The maximum absolute atomic E-state index is 12.6. The largest absolute Gasteiger partial charge is 0.495 e. The molecule has 8 nitrogen and oxygen atoms in total. The van der Waals surface area contributed by atoms with E-state index in [1.165, 1.54) is 43.5 Å². The molecule has 2 rings (SSSR count). The number of non-ortho nitro benzene ring substituents is 1. The molecule has 0 aromatic heterocycles. The maximum Gasteiger partial charge on any atom is 0.271 e. The minimum absolute atomic E-state index is 0.0892. The first-order chi connectivity index (χ1) is 14.4. The number of carbonyl (C=O) groups excluding carboxylic acids is 1. The molecule has 0 saturated carbocycles. The lowest BCUT2D eigenvalue weighted by atomic mass is 10.2. The lowest BCUT2D eigenvalue weighted by molar-refractivity contribution is -0.384. The Kier molecular flexibility index (Phi) is 8.82. The van der Waals surface area contributed by atoms with Gasteiger partial charge in [-0.15, -0.1) is 0 Å². The van der Waals surface area contributed by atoms with E-state index in [1.54, 1.807) is 0 Å². The van der Waals surface area contributed by atoms with E-state index in [4.69, 9.17) is 75.0 Å². The van der Waals surface area contributed by atoms with Crippen molar-refractivity contribution in [2.75, 3.05) is 12.4 Å². The lowest BCUT2D eigenvalue weighted by Gasteiger charge is -2.28. The number of ether oxygens (including phenoxy) is 1. The summed E-state index contributed by atoms with van der Waals surface area (Å²) in [4.78, 5) is 23.0. The number of anilines is 1. The van der Waals surface area contributed by atoms with Crippen molar-refractivity contribution in [3.05, 3.63) is 62.1 Å². The smallest absolute Gasteiger partial charge is 0.271 e. The first-order valence-corrected chi connectivity index (χ1v) is 10.4. The molecule has 1 atom stereocenters. The summed E-state index contributed by atoms with van der Waals surface area (Å²) in [6.45, 7) is 0. The van der Waals surface area contributed by atoms with Crippen LogP contribution in [0.2, 0.25) is 10.0 Å². The Labute approximate surface area is 207 Å². The fourth-order valence-electron chi connectivity index (χ4n) is 2.28. The summed E-state index contributed by atoms with van der Waals surface area (Å²) in [6, 6.07) is 8.13. The molecule has 0 saturated heterocycles. The summed E-state index contributed by atoms with van der Waals surface area (Å²) < 4.78 is 3.12. The molecule has 2 aromatic carbocycles. The summed E-state index contributed by atoms with van der Waals surface area (Å²) in [5, 5.41) is 19.2. The van der Waals surface area contributed by atoms with Gasteiger partial charge < -0.3 is 20.7 Å². The van der Waals surface area contributed by atoms with E-state index >= 15 is 0 Å². The van der Waals surface area contributed by atoms with Crippen LogP contribution in [0.15, 0.2) is 36.4 Å². The van der Waals surface area contributed by atoms with Gasteiger partial charge in [0.2, 0.25) is 3.79 Å². The van der Waals surface area contributed by atoms with Crippen LogP contribution in [-0.4, -0.2) is 33.0 Å². The fraction of sp³-hybridized carbons (Fsp3) is 0.176. The van der Waals surface area contributed by atoms with Crippen molar-refractivity contribution < 1.29 is 14.5 Å². The molecule has 0 aliphatic rings. The van der Waals surface area contributed by atoms with Crippen molar-refractivity contribution >= 4 is 92.6 Å². The van der Waals surface area contributed by atoms with E-state index in [-0.39, 0.29) is 32.8 Å². The molecule has 2 aromatic rings. The van der Waals surface area contributed by atoms with E-state index in [0.717, 1.165) is 0 Å². The minimum Gasteiger partial charge on any atom is -0.495 e. The van der Waals surface area contributed by atoms with E-state index in [1.807, 2.05) is 0 Å². The van der Waals surface area contributed by atoms with Crippen molar-refractivity contribution in [1.82, 2.24) is 10.6 Å². The zero-order valence-electron chi connectivity index (χ0n) is 15.4. The molecular formula is C17H13Cl5N4O4S. The molecule has 0 heterocycles. The highest BCUT2D eigenvalue weighted by molar-refractivity contribution is 7.80. The maximum atomic E-state index is 12.6. The number of carbonyl (C=O) groups is 1. The predicted octanol–water partition coefficient (Wildman–Crippen LogP) is 5.32. The predicted molar refractivity (Wildman–Crippen MR) is 127 cm³/mol. The average Bonchev–Trinajstić information content (AvgIpc) is 2.66. The van der Waals surface area contributed by atoms with Gasteiger partial charge in [-0.25, -0.2) is 0 Å². The molecule has 0 aliphatic carbocycles. The molecule has 3 N–H and O–H groups in total. The average molecular weight is 547 g/mol. The molecule has 166 valence electrons. The molecule has 0 fully saturated rings. The van der Waals surface area contributed by atoms with E-state index in [2.05, 4.69) is 16.0 Å². The van der Waals surface area contributed by atoms with Gasteiger partial charge in [0.1, 0.15) is 11.9 Å². The standard InChI is InChI=1S/C17H13Cl5N4O4S/c1-30-13-5-3-9(26(28)29)7-12(13)23-16(31)25-15(17(20,21)22)24-14(27)10-4-2-8(18)6-11(10)19/h2-7,15H,1H3,(H,24,27)(H2,23,25,31)/t15-/m0/s1. The number of benzene rings is 2. The molecule has 31 heavy (non-hydrogen) atoms. The minimum atomic E-state index is -2.03. The van der Waals surface area contributed by atoms with Crippen molar-refractivity contribution in [2.24, 2.45) is 0 Å². The van der Waals surface area contributed by atoms with Gasteiger partial charge in [-0.3, -0.25) is 14.9 Å². The quantitative estimate of drug-likeness (QED) is 0.148. The number of amides is 1. The first-order valence-electron chi connectivity index (χ1n) is 8.15. The van der Waals surface area contributed by atoms with Crippen LogP contribution in [0.4, 0.5) is 11.4 Å². The Balaban J connectivity index is 2.20. The molecule has 0 spiro atoms. The third kappa shape index (κ3) is 7.13. The second-order valence-electron chi connectivity index (χ2n) is 5.81.